The van der Waals surface area contributed by atoms with Crippen LogP contribution in [0.15, 0.2) is 42.5 Å². The van der Waals surface area contributed by atoms with Crippen LogP contribution in [-0.2, 0) is 34.9 Å². The Morgan fingerprint density at radius 1 is 0.733 bits per heavy atom. The molecule has 2 heterocycles. The molecule has 45 heavy (non-hydrogen) atoms. The van der Waals surface area contributed by atoms with Crippen molar-refractivity contribution in [3.05, 3.63) is 53.6 Å². The number of carbonyl (C=O) groups excluding carboxylic acids is 1. The predicted molar refractivity (Wildman–Crippen MR) is 149 cm³/mol. The van der Waals surface area contributed by atoms with Crippen LogP contribution in [0.3, 0.4) is 0 Å². The summed E-state index contributed by atoms with van der Waals surface area (Å²) in [6, 6.07) is 7.88. The normalized spacial score (nSPS) is 32.0. The standard InChI is InChI=1S/C29H36O16/c30-11-19-22(37)23(38)24(39)29(42-19)45-27-25(40)28(41-8-7-14-2-5-16(33)18(35)10-14)43-20(12-31)26(27)44-21(36)6-3-13-1-4-15(32)17(34)9-13/h1-6,9-10,19-20,22-35,37-40H,7-8,11-12H2/b6-3+/t19-,20+,22-,23-,24+,25+,26+,27+,28+,29+/m1/s1. The van der Waals surface area contributed by atoms with Crippen LogP contribution in [0.2, 0.25) is 0 Å². The highest BCUT2D eigenvalue weighted by Crippen LogP contribution is 2.32. The Balaban J connectivity index is 1.53. The van der Waals surface area contributed by atoms with Crippen molar-refractivity contribution in [1.82, 2.24) is 0 Å². The van der Waals surface area contributed by atoms with E-state index in [1.165, 1.54) is 42.5 Å². The lowest BCUT2D eigenvalue weighted by Gasteiger charge is -2.46. The van der Waals surface area contributed by atoms with Crippen molar-refractivity contribution >= 4 is 12.0 Å². The van der Waals surface area contributed by atoms with Crippen molar-refractivity contribution < 1.29 is 79.5 Å². The number of hydrogen-bond acceptors (Lipinski definition) is 16. The van der Waals surface area contributed by atoms with Crippen LogP contribution in [0.25, 0.3) is 6.08 Å². The molecule has 10 atom stereocenters. The summed E-state index contributed by atoms with van der Waals surface area (Å²) in [5.41, 5.74) is 0.870. The Hall–Kier alpha value is -3.55. The molecule has 0 aliphatic carbocycles. The first kappa shape index (κ1) is 34.3. The second-order valence-electron chi connectivity index (χ2n) is 10.4. The smallest absolute Gasteiger partial charge is 0.331 e. The minimum atomic E-state index is -1.88. The molecule has 2 fully saturated rings. The summed E-state index contributed by atoms with van der Waals surface area (Å²) in [6.07, 6.45) is -14.0. The van der Waals surface area contributed by atoms with Crippen LogP contribution in [0.5, 0.6) is 23.0 Å². The number of esters is 1. The molecule has 0 amide bonds. The Morgan fingerprint density at radius 3 is 2.02 bits per heavy atom. The highest BCUT2D eigenvalue weighted by atomic mass is 16.7. The maximum absolute atomic E-state index is 12.8. The molecule has 0 unspecified atom stereocenters. The van der Waals surface area contributed by atoms with Gasteiger partial charge in [0.25, 0.3) is 0 Å². The second-order valence-corrected chi connectivity index (χ2v) is 10.4. The third-order valence-corrected chi connectivity index (χ3v) is 7.31. The maximum Gasteiger partial charge on any atom is 0.331 e. The van der Waals surface area contributed by atoms with E-state index in [9.17, 15) is 55.9 Å². The lowest BCUT2D eigenvalue weighted by molar-refractivity contribution is -0.360. The fraction of sp³-hybridized carbons (Fsp3) is 0.483. The summed E-state index contributed by atoms with van der Waals surface area (Å²) in [7, 11) is 0. The van der Waals surface area contributed by atoms with Gasteiger partial charge in [-0.25, -0.2) is 4.79 Å². The van der Waals surface area contributed by atoms with Gasteiger partial charge < -0.3 is 74.7 Å². The van der Waals surface area contributed by atoms with Crippen molar-refractivity contribution in [3.8, 4) is 23.0 Å². The largest absolute Gasteiger partial charge is 0.504 e. The molecule has 16 nitrogen and oxygen atoms in total. The minimum absolute atomic E-state index is 0.108. The van der Waals surface area contributed by atoms with Gasteiger partial charge in [0, 0.05) is 6.08 Å². The van der Waals surface area contributed by atoms with E-state index in [2.05, 4.69) is 0 Å². The SMILES string of the molecule is O=C(/C=C/c1ccc(O)c(O)c1)O[C@@H]1[C@@H](O[C@@H]2O[C@H](CO)[C@@H](O)[C@@H](O)[C@@H]2O)[C@H](O)[C@@H](OCCc2ccc(O)c(O)c2)O[C@H]1CO. The van der Waals surface area contributed by atoms with E-state index in [1.54, 1.807) is 0 Å². The van der Waals surface area contributed by atoms with Gasteiger partial charge in [0.05, 0.1) is 19.8 Å². The zero-order valence-electron chi connectivity index (χ0n) is 23.6. The summed E-state index contributed by atoms with van der Waals surface area (Å²) in [5.74, 6) is -2.50. The van der Waals surface area contributed by atoms with Gasteiger partial charge in [0.15, 0.2) is 41.7 Å². The first-order valence-electron chi connectivity index (χ1n) is 13.9. The monoisotopic (exact) mass is 640 g/mol. The Labute approximate surface area is 256 Å². The molecular weight excluding hydrogens is 604 g/mol. The van der Waals surface area contributed by atoms with Crippen LogP contribution >= 0.6 is 0 Å². The van der Waals surface area contributed by atoms with Gasteiger partial charge in [-0.3, -0.25) is 0 Å². The average Bonchev–Trinajstić information content (AvgIpc) is 3.02. The minimum Gasteiger partial charge on any atom is -0.504 e. The van der Waals surface area contributed by atoms with Gasteiger partial charge in [0.1, 0.15) is 42.7 Å². The van der Waals surface area contributed by atoms with Crippen molar-refractivity contribution in [2.45, 2.75) is 67.8 Å². The molecule has 2 aliphatic rings. The first-order chi connectivity index (χ1) is 21.4. The molecule has 16 heteroatoms. The number of phenols is 4. The highest BCUT2D eigenvalue weighted by Gasteiger charge is 2.52. The van der Waals surface area contributed by atoms with E-state index < -0.39 is 86.3 Å². The fourth-order valence-corrected chi connectivity index (χ4v) is 4.81. The van der Waals surface area contributed by atoms with E-state index in [0.29, 0.717) is 11.1 Å². The molecule has 4 rings (SSSR count). The van der Waals surface area contributed by atoms with Gasteiger partial charge in [-0.15, -0.1) is 0 Å². The Morgan fingerprint density at radius 2 is 1.38 bits per heavy atom. The van der Waals surface area contributed by atoms with Crippen LogP contribution < -0.4 is 0 Å². The molecule has 0 saturated carbocycles. The lowest BCUT2D eigenvalue weighted by atomic mass is 9.96. The van der Waals surface area contributed by atoms with Crippen LogP contribution in [-0.4, -0.2) is 138 Å². The van der Waals surface area contributed by atoms with Gasteiger partial charge in [0.2, 0.25) is 0 Å². The van der Waals surface area contributed by atoms with Gasteiger partial charge in [-0.1, -0.05) is 12.1 Å². The average molecular weight is 641 g/mol. The number of aliphatic hydroxyl groups excluding tert-OH is 6. The number of phenolic OH excluding ortho intramolecular Hbond substituents is 4. The van der Waals surface area contributed by atoms with Crippen LogP contribution in [0, 0.1) is 0 Å². The maximum atomic E-state index is 12.8. The molecule has 2 aliphatic heterocycles. The number of carbonyl (C=O) groups is 1. The summed E-state index contributed by atoms with van der Waals surface area (Å²) in [5, 5.41) is 100. The molecule has 10 N–H and O–H groups in total. The van der Waals surface area contributed by atoms with Gasteiger partial charge >= 0.3 is 5.97 Å². The number of aromatic hydroxyl groups is 4. The fourth-order valence-electron chi connectivity index (χ4n) is 4.81. The van der Waals surface area contributed by atoms with E-state index in [0.717, 1.165) is 6.08 Å². The number of hydrogen-bond donors (Lipinski definition) is 10. The van der Waals surface area contributed by atoms with E-state index >= 15 is 0 Å². The molecule has 0 aromatic heterocycles. The summed E-state index contributed by atoms with van der Waals surface area (Å²) in [4.78, 5) is 12.8. The van der Waals surface area contributed by atoms with Crippen LogP contribution in [0.1, 0.15) is 11.1 Å². The van der Waals surface area contributed by atoms with Crippen molar-refractivity contribution in [1.29, 1.82) is 0 Å². The first-order valence-corrected chi connectivity index (χ1v) is 13.9. The number of rotatable bonds is 11. The zero-order chi connectivity index (χ0) is 32.8. The molecular formula is C29H36O16. The second kappa shape index (κ2) is 15.2. The molecule has 0 bridgehead atoms. The summed E-state index contributed by atoms with van der Waals surface area (Å²) in [6.45, 7) is -1.65. The van der Waals surface area contributed by atoms with E-state index in [1.807, 2.05) is 0 Å². The molecule has 2 saturated heterocycles. The third-order valence-electron chi connectivity index (χ3n) is 7.31. The number of ether oxygens (including phenoxy) is 5. The quantitative estimate of drug-likeness (QED) is 0.0720. The molecule has 2 aromatic carbocycles. The summed E-state index contributed by atoms with van der Waals surface area (Å²) >= 11 is 0. The predicted octanol–water partition coefficient (Wildman–Crippen LogP) is -2.04. The van der Waals surface area contributed by atoms with Crippen molar-refractivity contribution in [2.75, 3.05) is 19.8 Å². The van der Waals surface area contributed by atoms with Gasteiger partial charge in [-0.2, -0.15) is 0 Å². The Bertz CT molecular complexity index is 1320. The van der Waals surface area contributed by atoms with Crippen molar-refractivity contribution in [2.24, 2.45) is 0 Å². The van der Waals surface area contributed by atoms with Gasteiger partial charge in [-0.05, 0) is 47.9 Å². The lowest BCUT2D eigenvalue weighted by Crippen LogP contribution is -2.65. The Kier molecular flexibility index (Phi) is 11.6. The molecule has 0 radical (unpaired) electrons. The summed E-state index contributed by atoms with van der Waals surface area (Å²) < 4.78 is 28.0. The zero-order valence-corrected chi connectivity index (χ0v) is 23.6. The third kappa shape index (κ3) is 8.19. The van der Waals surface area contributed by atoms with E-state index in [-0.39, 0.29) is 30.3 Å². The van der Waals surface area contributed by atoms with E-state index in [4.69, 9.17) is 23.7 Å². The highest BCUT2D eigenvalue weighted by molar-refractivity contribution is 5.87. The molecule has 2 aromatic rings. The van der Waals surface area contributed by atoms with Crippen molar-refractivity contribution in [3.63, 3.8) is 0 Å². The number of benzene rings is 2. The number of aliphatic hydroxyl groups is 6. The van der Waals surface area contributed by atoms with Crippen LogP contribution in [0.4, 0.5) is 0 Å². The topological polar surface area (TPSA) is 266 Å². The molecule has 248 valence electrons. The molecule has 0 spiro atoms.